The van der Waals surface area contributed by atoms with E-state index in [9.17, 15) is 14.3 Å². The molecule has 5 nitrogen and oxygen atoms in total. The number of aryl methyl sites for hydroxylation is 1. The molecule has 0 unspecified atom stereocenters. The Morgan fingerprint density at radius 1 is 0.949 bits per heavy atom. The van der Waals surface area contributed by atoms with E-state index in [-0.39, 0.29) is 17.0 Å². The Morgan fingerprint density at radius 3 is 2.21 bits per heavy atom. The van der Waals surface area contributed by atoms with Gasteiger partial charge in [-0.05, 0) is 86.7 Å². The molecule has 4 aromatic rings. The molecule has 3 aromatic carbocycles. The van der Waals surface area contributed by atoms with Crippen molar-refractivity contribution in [3.8, 4) is 33.7 Å². The molecule has 5 rings (SSSR count). The van der Waals surface area contributed by atoms with Gasteiger partial charge in [-0.1, -0.05) is 41.4 Å². The van der Waals surface area contributed by atoms with Crippen molar-refractivity contribution in [3.05, 3.63) is 99.5 Å². The van der Waals surface area contributed by atoms with Crippen LogP contribution in [0.5, 0.6) is 5.75 Å². The number of imidazole rings is 1. The van der Waals surface area contributed by atoms with E-state index < -0.39 is 5.82 Å². The van der Waals surface area contributed by atoms with Gasteiger partial charge in [-0.15, -0.1) is 0 Å². The molecule has 7 heteroatoms. The van der Waals surface area contributed by atoms with E-state index in [0.29, 0.717) is 27.4 Å². The van der Waals surface area contributed by atoms with Crippen LogP contribution in [0.4, 0.5) is 4.39 Å². The van der Waals surface area contributed by atoms with Crippen molar-refractivity contribution >= 4 is 17.2 Å². The Morgan fingerprint density at radius 2 is 1.62 bits per heavy atom. The van der Waals surface area contributed by atoms with E-state index in [1.165, 1.54) is 32.4 Å². The molecule has 0 spiro atoms. The molecule has 2 heterocycles. The lowest BCUT2D eigenvalue weighted by Gasteiger charge is -2.39. The maximum absolute atomic E-state index is 14.9. The van der Waals surface area contributed by atoms with Crippen molar-refractivity contribution in [2.75, 3.05) is 13.1 Å². The molecule has 0 atom stereocenters. The lowest BCUT2D eigenvalue weighted by molar-refractivity contribution is 0.148. The first-order chi connectivity index (χ1) is 18.4. The van der Waals surface area contributed by atoms with Crippen LogP contribution in [0.15, 0.2) is 77.4 Å². The summed E-state index contributed by atoms with van der Waals surface area (Å²) in [5, 5.41) is 11.7. The minimum absolute atomic E-state index is 0.0255. The number of aromatic nitrogens is 2. The van der Waals surface area contributed by atoms with Gasteiger partial charge in [-0.25, -0.2) is 9.18 Å². The van der Waals surface area contributed by atoms with Gasteiger partial charge in [-0.3, -0.25) is 9.47 Å². The topological polar surface area (TPSA) is 50.4 Å². The van der Waals surface area contributed by atoms with Crippen molar-refractivity contribution < 1.29 is 9.50 Å². The molecule has 39 heavy (non-hydrogen) atoms. The standard InChI is InChI=1S/C32H33ClFN3O2/c1-20-19-36(32(2,3)4)12-11-25(20)21-7-6-8-22(15-21)26-17-24(34)18-27(30(26)38)23-9-10-29(28(33)16-23)37-14-13-35(5)31(37)39/h6-10,13-18,38H,11-12,19H2,1-5H3. The Hall–Kier alpha value is -3.61. The fraction of sp³-hybridized carbons (Fsp3) is 0.281. The largest absolute Gasteiger partial charge is 0.507 e. The molecule has 1 N–H and O–H groups in total. The lowest BCUT2D eigenvalue weighted by atomic mass is 9.89. The fourth-order valence-electron chi connectivity index (χ4n) is 5.32. The molecule has 0 saturated heterocycles. The van der Waals surface area contributed by atoms with Crippen molar-refractivity contribution in [1.82, 2.24) is 14.0 Å². The first-order valence-corrected chi connectivity index (χ1v) is 13.4. The molecule has 1 aliphatic heterocycles. The van der Waals surface area contributed by atoms with E-state index in [1.54, 1.807) is 37.6 Å². The van der Waals surface area contributed by atoms with Crippen LogP contribution in [-0.4, -0.2) is 37.8 Å². The number of phenols is 1. The number of hydrogen-bond acceptors (Lipinski definition) is 3. The van der Waals surface area contributed by atoms with E-state index >= 15 is 0 Å². The van der Waals surface area contributed by atoms with Crippen LogP contribution in [-0.2, 0) is 7.05 Å². The molecule has 1 aromatic heterocycles. The maximum atomic E-state index is 14.9. The quantitative estimate of drug-likeness (QED) is 0.293. The number of hydrogen-bond donors (Lipinski definition) is 1. The Bertz CT molecular complexity index is 1660. The van der Waals surface area contributed by atoms with Crippen LogP contribution in [0.2, 0.25) is 5.02 Å². The first kappa shape index (κ1) is 27.0. The van der Waals surface area contributed by atoms with Crippen molar-refractivity contribution in [2.24, 2.45) is 7.05 Å². The minimum atomic E-state index is -0.462. The van der Waals surface area contributed by atoms with Gasteiger partial charge in [-0.2, -0.15) is 0 Å². The van der Waals surface area contributed by atoms with Crippen LogP contribution in [0.25, 0.3) is 33.5 Å². The zero-order valence-corrected chi connectivity index (χ0v) is 23.7. The summed E-state index contributed by atoms with van der Waals surface area (Å²) in [5.74, 6) is -0.487. The highest BCUT2D eigenvalue weighted by atomic mass is 35.5. The second-order valence-electron chi connectivity index (χ2n) is 11.3. The summed E-state index contributed by atoms with van der Waals surface area (Å²) in [5.41, 5.74) is 6.14. The van der Waals surface area contributed by atoms with Crippen molar-refractivity contribution in [2.45, 2.75) is 39.7 Å². The summed E-state index contributed by atoms with van der Waals surface area (Å²) in [6.45, 7) is 10.8. The molecule has 0 bridgehead atoms. The molecular weight excluding hydrogens is 513 g/mol. The number of phenolic OH excluding ortho intramolecular Hbond substituents is 1. The third kappa shape index (κ3) is 5.19. The van der Waals surface area contributed by atoms with Gasteiger partial charge in [0.1, 0.15) is 11.6 Å². The minimum Gasteiger partial charge on any atom is -0.507 e. The summed E-state index contributed by atoms with van der Waals surface area (Å²) in [4.78, 5) is 14.8. The lowest BCUT2D eigenvalue weighted by Crippen LogP contribution is -2.44. The van der Waals surface area contributed by atoms with Crippen LogP contribution < -0.4 is 5.69 Å². The predicted octanol–water partition coefficient (Wildman–Crippen LogP) is 7.29. The van der Waals surface area contributed by atoms with E-state index in [4.69, 9.17) is 11.6 Å². The zero-order valence-electron chi connectivity index (χ0n) is 22.9. The van der Waals surface area contributed by atoms with Crippen LogP contribution >= 0.6 is 11.6 Å². The van der Waals surface area contributed by atoms with Crippen LogP contribution in [0, 0.1) is 5.82 Å². The van der Waals surface area contributed by atoms with E-state index in [0.717, 1.165) is 30.6 Å². The van der Waals surface area contributed by atoms with Gasteiger partial charge >= 0.3 is 5.69 Å². The number of rotatable bonds is 4. The predicted molar refractivity (Wildman–Crippen MR) is 157 cm³/mol. The van der Waals surface area contributed by atoms with Crippen LogP contribution in [0.3, 0.4) is 0 Å². The van der Waals surface area contributed by atoms with Gasteiger partial charge in [0.25, 0.3) is 0 Å². The highest BCUT2D eigenvalue weighted by Gasteiger charge is 2.26. The second kappa shape index (κ2) is 10.2. The van der Waals surface area contributed by atoms with Gasteiger partial charge in [0, 0.05) is 49.2 Å². The monoisotopic (exact) mass is 545 g/mol. The summed E-state index contributed by atoms with van der Waals surface area (Å²) >= 11 is 6.55. The second-order valence-corrected chi connectivity index (χ2v) is 11.7. The van der Waals surface area contributed by atoms with Crippen LogP contribution in [0.1, 0.15) is 39.7 Å². The molecule has 1 aliphatic rings. The van der Waals surface area contributed by atoms with Gasteiger partial charge in [0.15, 0.2) is 0 Å². The van der Waals surface area contributed by atoms with E-state index in [2.05, 4.69) is 38.7 Å². The number of benzene rings is 3. The number of nitrogens with zero attached hydrogens (tertiary/aromatic N) is 3. The number of halogens is 2. The molecule has 0 fully saturated rings. The van der Waals surface area contributed by atoms with E-state index in [1.807, 2.05) is 18.2 Å². The average Bonchev–Trinajstić information content (AvgIpc) is 3.22. The third-order valence-electron chi connectivity index (χ3n) is 7.59. The van der Waals surface area contributed by atoms with Gasteiger partial charge < -0.3 is 9.67 Å². The van der Waals surface area contributed by atoms with Crippen molar-refractivity contribution in [1.29, 1.82) is 0 Å². The highest BCUT2D eigenvalue weighted by molar-refractivity contribution is 6.32. The molecule has 0 saturated carbocycles. The zero-order chi connectivity index (χ0) is 28.1. The molecule has 0 amide bonds. The van der Waals surface area contributed by atoms with Gasteiger partial charge in [0.05, 0.1) is 10.7 Å². The summed E-state index contributed by atoms with van der Waals surface area (Å²) < 4.78 is 17.8. The fourth-order valence-corrected chi connectivity index (χ4v) is 5.59. The summed E-state index contributed by atoms with van der Waals surface area (Å²) in [6.07, 6.45) is 4.22. The number of aromatic hydroxyl groups is 1. The Balaban J connectivity index is 1.53. The first-order valence-electron chi connectivity index (χ1n) is 13.1. The summed E-state index contributed by atoms with van der Waals surface area (Å²) in [6, 6.07) is 15.7. The summed E-state index contributed by atoms with van der Waals surface area (Å²) in [7, 11) is 1.66. The van der Waals surface area contributed by atoms with Gasteiger partial charge in [0.2, 0.25) is 0 Å². The molecule has 0 radical (unpaired) electrons. The SMILES string of the molecule is CC1=C(c2cccc(-c3cc(F)cc(-c4ccc(-n5ccn(C)c5=O)c(Cl)c4)c3O)c2)CCN(C(C)(C)C)C1. The third-order valence-corrected chi connectivity index (χ3v) is 7.89. The molecule has 0 aliphatic carbocycles. The molecular formula is C32H33ClFN3O2. The molecule has 202 valence electrons. The maximum Gasteiger partial charge on any atom is 0.332 e. The highest BCUT2D eigenvalue weighted by Crippen LogP contribution is 2.41. The Kier molecular flexibility index (Phi) is 7.04. The van der Waals surface area contributed by atoms with Crippen molar-refractivity contribution in [3.63, 3.8) is 0 Å². The normalized spacial score (nSPS) is 14.7. The Labute approximate surface area is 233 Å². The smallest absolute Gasteiger partial charge is 0.332 e. The average molecular weight is 546 g/mol.